The van der Waals surface area contributed by atoms with Crippen LogP contribution in [0.1, 0.15) is 25.0 Å². The Balaban J connectivity index is 3.11. The average molecular weight is 286 g/mol. The Hall–Kier alpha value is -1.44. The molecule has 0 saturated carbocycles. The standard InChI is InChI=1S/C12H18N2O4S/c1-3-11(15)9-5-4-6-10(7-9)19(17,18)14(2)8-12(13)16/h4-7,11,15H,3,8H2,1-2H3,(H2,13,16). The van der Waals surface area contributed by atoms with E-state index in [0.29, 0.717) is 12.0 Å². The minimum Gasteiger partial charge on any atom is -0.388 e. The van der Waals surface area contributed by atoms with E-state index in [4.69, 9.17) is 5.73 Å². The molecule has 1 atom stereocenters. The van der Waals surface area contributed by atoms with E-state index in [-0.39, 0.29) is 11.4 Å². The van der Waals surface area contributed by atoms with Crippen LogP contribution in [0.15, 0.2) is 29.2 Å². The van der Waals surface area contributed by atoms with Gasteiger partial charge in [0.2, 0.25) is 15.9 Å². The lowest BCUT2D eigenvalue weighted by molar-refractivity contribution is -0.118. The van der Waals surface area contributed by atoms with Crippen LogP contribution in [0.5, 0.6) is 0 Å². The highest BCUT2D eigenvalue weighted by atomic mass is 32.2. The van der Waals surface area contributed by atoms with Crippen LogP contribution < -0.4 is 5.73 Å². The summed E-state index contributed by atoms with van der Waals surface area (Å²) >= 11 is 0. The summed E-state index contributed by atoms with van der Waals surface area (Å²) in [5.74, 6) is -0.726. The number of hydrogen-bond donors (Lipinski definition) is 2. The number of likely N-dealkylation sites (N-methyl/N-ethyl adjacent to an activating group) is 1. The Kier molecular flexibility index (Phi) is 5.04. The van der Waals surface area contributed by atoms with Gasteiger partial charge in [-0.15, -0.1) is 0 Å². The summed E-state index contributed by atoms with van der Waals surface area (Å²) in [5.41, 5.74) is 5.51. The molecule has 7 heteroatoms. The van der Waals surface area contributed by atoms with Gasteiger partial charge in [-0.25, -0.2) is 8.42 Å². The zero-order valence-electron chi connectivity index (χ0n) is 10.9. The molecule has 1 aromatic rings. The normalized spacial score (nSPS) is 13.5. The maximum atomic E-state index is 12.2. The summed E-state index contributed by atoms with van der Waals surface area (Å²) in [6.45, 7) is 1.41. The van der Waals surface area contributed by atoms with E-state index < -0.39 is 22.0 Å². The SMILES string of the molecule is CCC(O)c1cccc(S(=O)(=O)N(C)CC(N)=O)c1. The fourth-order valence-corrected chi connectivity index (χ4v) is 2.79. The van der Waals surface area contributed by atoms with E-state index in [1.807, 2.05) is 0 Å². The molecule has 0 spiro atoms. The lowest BCUT2D eigenvalue weighted by Gasteiger charge is -2.16. The maximum absolute atomic E-state index is 12.2. The molecule has 1 amide bonds. The first kappa shape index (κ1) is 15.6. The van der Waals surface area contributed by atoms with Gasteiger partial charge in [0, 0.05) is 7.05 Å². The first-order chi connectivity index (χ1) is 8.78. The third kappa shape index (κ3) is 3.76. The zero-order valence-corrected chi connectivity index (χ0v) is 11.7. The minimum atomic E-state index is -3.78. The van der Waals surface area contributed by atoms with Crippen LogP contribution in [0.25, 0.3) is 0 Å². The van der Waals surface area contributed by atoms with Crippen LogP contribution in [0.4, 0.5) is 0 Å². The molecule has 0 aliphatic heterocycles. The average Bonchev–Trinajstić information content (AvgIpc) is 2.37. The van der Waals surface area contributed by atoms with Gasteiger partial charge >= 0.3 is 0 Å². The molecule has 3 N–H and O–H groups in total. The Morgan fingerprint density at radius 2 is 2.11 bits per heavy atom. The molecule has 0 aliphatic carbocycles. The van der Waals surface area contributed by atoms with Crippen molar-refractivity contribution in [2.75, 3.05) is 13.6 Å². The van der Waals surface area contributed by atoms with Crippen molar-refractivity contribution in [3.63, 3.8) is 0 Å². The predicted octanol–water partition coefficient (Wildman–Crippen LogP) is 0.236. The van der Waals surface area contributed by atoms with Gasteiger partial charge in [0.15, 0.2) is 0 Å². The van der Waals surface area contributed by atoms with Gasteiger partial charge in [0.1, 0.15) is 0 Å². The summed E-state index contributed by atoms with van der Waals surface area (Å²) in [4.78, 5) is 10.8. The van der Waals surface area contributed by atoms with Crippen LogP contribution in [0.3, 0.4) is 0 Å². The number of hydrogen-bond acceptors (Lipinski definition) is 4. The molecule has 0 heterocycles. The Morgan fingerprint density at radius 3 is 2.63 bits per heavy atom. The van der Waals surface area contributed by atoms with Gasteiger partial charge in [0.25, 0.3) is 0 Å². The van der Waals surface area contributed by atoms with Crippen molar-refractivity contribution in [2.45, 2.75) is 24.3 Å². The van der Waals surface area contributed by atoms with Crippen molar-refractivity contribution < 1.29 is 18.3 Å². The predicted molar refractivity (Wildman–Crippen MR) is 70.7 cm³/mol. The number of benzene rings is 1. The van der Waals surface area contributed by atoms with E-state index in [0.717, 1.165) is 4.31 Å². The maximum Gasteiger partial charge on any atom is 0.243 e. The van der Waals surface area contributed by atoms with Crippen LogP contribution in [-0.2, 0) is 14.8 Å². The summed E-state index contributed by atoms with van der Waals surface area (Å²) in [6, 6.07) is 6.03. The number of carbonyl (C=O) groups excluding carboxylic acids is 1. The lowest BCUT2D eigenvalue weighted by Crippen LogP contribution is -2.35. The van der Waals surface area contributed by atoms with Crippen molar-refractivity contribution in [1.29, 1.82) is 0 Å². The monoisotopic (exact) mass is 286 g/mol. The molecule has 1 aromatic carbocycles. The molecule has 106 valence electrons. The third-order valence-corrected chi connectivity index (χ3v) is 4.52. The molecular weight excluding hydrogens is 268 g/mol. The molecule has 0 aliphatic rings. The molecule has 0 aromatic heterocycles. The van der Waals surface area contributed by atoms with Crippen molar-refractivity contribution in [1.82, 2.24) is 4.31 Å². The van der Waals surface area contributed by atoms with Gasteiger partial charge in [-0.1, -0.05) is 19.1 Å². The molecule has 6 nitrogen and oxygen atoms in total. The van der Waals surface area contributed by atoms with E-state index in [9.17, 15) is 18.3 Å². The highest BCUT2D eigenvalue weighted by Crippen LogP contribution is 2.21. The summed E-state index contributed by atoms with van der Waals surface area (Å²) in [5, 5.41) is 9.72. The van der Waals surface area contributed by atoms with Gasteiger partial charge in [-0.3, -0.25) is 4.79 Å². The smallest absolute Gasteiger partial charge is 0.243 e. The van der Waals surface area contributed by atoms with Crippen molar-refractivity contribution >= 4 is 15.9 Å². The number of nitrogens with zero attached hydrogens (tertiary/aromatic N) is 1. The molecular formula is C12H18N2O4S. The molecule has 0 fully saturated rings. The van der Waals surface area contributed by atoms with Crippen molar-refractivity contribution in [3.05, 3.63) is 29.8 Å². The Labute approximate surface area is 112 Å². The molecule has 1 unspecified atom stereocenters. The molecule has 0 saturated heterocycles. The number of sulfonamides is 1. The summed E-state index contributed by atoms with van der Waals surface area (Å²) in [6.07, 6.45) is -0.225. The summed E-state index contributed by atoms with van der Waals surface area (Å²) in [7, 11) is -2.50. The zero-order chi connectivity index (χ0) is 14.6. The number of aliphatic hydroxyl groups is 1. The van der Waals surface area contributed by atoms with Crippen molar-refractivity contribution in [2.24, 2.45) is 5.73 Å². The number of amides is 1. The second-order valence-corrected chi connectivity index (χ2v) is 6.27. The fraction of sp³-hybridized carbons (Fsp3) is 0.417. The Bertz CT molecular complexity index is 557. The topological polar surface area (TPSA) is 101 Å². The van der Waals surface area contributed by atoms with E-state index in [2.05, 4.69) is 0 Å². The van der Waals surface area contributed by atoms with Crippen LogP contribution in [-0.4, -0.2) is 37.3 Å². The molecule has 1 rings (SSSR count). The number of rotatable bonds is 6. The van der Waals surface area contributed by atoms with Crippen LogP contribution in [0, 0.1) is 0 Å². The quantitative estimate of drug-likeness (QED) is 0.782. The fourth-order valence-electron chi connectivity index (χ4n) is 1.60. The van der Waals surface area contributed by atoms with Crippen LogP contribution >= 0.6 is 0 Å². The van der Waals surface area contributed by atoms with E-state index in [1.165, 1.54) is 19.2 Å². The van der Waals surface area contributed by atoms with Gasteiger partial charge in [-0.2, -0.15) is 4.31 Å². The summed E-state index contributed by atoms with van der Waals surface area (Å²) < 4.78 is 25.2. The second kappa shape index (κ2) is 6.14. The number of carbonyl (C=O) groups is 1. The van der Waals surface area contributed by atoms with Crippen molar-refractivity contribution in [3.8, 4) is 0 Å². The number of nitrogens with two attached hydrogens (primary N) is 1. The largest absolute Gasteiger partial charge is 0.388 e. The van der Waals surface area contributed by atoms with Gasteiger partial charge in [0.05, 0.1) is 17.5 Å². The van der Waals surface area contributed by atoms with Gasteiger partial charge in [-0.05, 0) is 24.1 Å². The van der Waals surface area contributed by atoms with Gasteiger partial charge < -0.3 is 10.8 Å². The van der Waals surface area contributed by atoms with E-state index in [1.54, 1.807) is 19.1 Å². The second-order valence-electron chi connectivity index (χ2n) is 4.22. The third-order valence-electron chi connectivity index (χ3n) is 2.72. The molecule has 19 heavy (non-hydrogen) atoms. The lowest BCUT2D eigenvalue weighted by atomic mass is 10.1. The number of primary amides is 1. The molecule has 0 radical (unpaired) electrons. The highest BCUT2D eigenvalue weighted by Gasteiger charge is 2.22. The highest BCUT2D eigenvalue weighted by molar-refractivity contribution is 7.89. The number of aliphatic hydroxyl groups excluding tert-OH is 1. The minimum absolute atomic E-state index is 0.0289. The first-order valence-electron chi connectivity index (χ1n) is 5.81. The Morgan fingerprint density at radius 1 is 1.47 bits per heavy atom. The first-order valence-corrected chi connectivity index (χ1v) is 7.25. The molecule has 0 bridgehead atoms. The van der Waals surface area contributed by atoms with E-state index >= 15 is 0 Å². The van der Waals surface area contributed by atoms with Crippen LogP contribution in [0.2, 0.25) is 0 Å².